The molecule has 24 heavy (non-hydrogen) atoms. The molecule has 0 spiro atoms. The minimum Gasteiger partial charge on any atom is -0.493 e. The lowest BCUT2D eigenvalue weighted by atomic mass is 10.2. The average molecular weight is 447 g/mol. The summed E-state index contributed by atoms with van der Waals surface area (Å²) in [4.78, 5) is 4.66. The van der Waals surface area contributed by atoms with Crippen molar-refractivity contribution in [3.8, 4) is 11.5 Å². The highest BCUT2D eigenvalue weighted by atomic mass is 127. The van der Waals surface area contributed by atoms with Gasteiger partial charge < -0.3 is 20.1 Å². The number of benzene rings is 1. The van der Waals surface area contributed by atoms with Gasteiger partial charge in [0.05, 0.1) is 20.3 Å². The van der Waals surface area contributed by atoms with E-state index in [1.54, 1.807) is 7.11 Å². The van der Waals surface area contributed by atoms with E-state index in [1.807, 2.05) is 18.2 Å². The van der Waals surface area contributed by atoms with Crippen molar-refractivity contribution in [3.05, 3.63) is 23.8 Å². The Morgan fingerprint density at radius 2 is 2.04 bits per heavy atom. The van der Waals surface area contributed by atoms with Gasteiger partial charge in [0.25, 0.3) is 0 Å². The van der Waals surface area contributed by atoms with E-state index in [-0.39, 0.29) is 24.0 Å². The van der Waals surface area contributed by atoms with Crippen LogP contribution in [0, 0.1) is 5.92 Å². The van der Waals surface area contributed by atoms with E-state index < -0.39 is 0 Å². The quantitative estimate of drug-likeness (QED) is 0.364. The first kappa shape index (κ1) is 20.9. The summed E-state index contributed by atoms with van der Waals surface area (Å²) in [5, 5.41) is 6.76. The van der Waals surface area contributed by atoms with Crippen molar-refractivity contribution in [1.82, 2.24) is 10.6 Å². The summed E-state index contributed by atoms with van der Waals surface area (Å²) in [5.41, 5.74) is 1.10. The summed E-state index contributed by atoms with van der Waals surface area (Å²) in [7, 11) is 1.67. The van der Waals surface area contributed by atoms with E-state index in [2.05, 4.69) is 36.4 Å². The van der Waals surface area contributed by atoms with Gasteiger partial charge in [-0.1, -0.05) is 19.9 Å². The lowest BCUT2D eigenvalue weighted by Gasteiger charge is -2.12. The summed E-state index contributed by atoms with van der Waals surface area (Å²) >= 11 is 0. The van der Waals surface area contributed by atoms with Gasteiger partial charge in [-0.3, -0.25) is 0 Å². The molecule has 2 rings (SSSR count). The van der Waals surface area contributed by atoms with Crippen molar-refractivity contribution in [2.45, 2.75) is 46.2 Å². The molecule has 1 aromatic rings. The highest BCUT2D eigenvalue weighted by molar-refractivity contribution is 14.0. The van der Waals surface area contributed by atoms with Gasteiger partial charge in [0.2, 0.25) is 0 Å². The minimum atomic E-state index is 0. The molecular formula is C18H30IN3O2. The topological polar surface area (TPSA) is 54.9 Å². The number of hydrogen-bond acceptors (Lipinski definition) is 3. The van der Waals surface area contributed by atoms with Gasteiger partial charge in [0.15, 0.2) is 17.5 Å². The Bertz CT molecular complexity index is 537. The SMILES string of the molecule is CCCOc1ccc(CN=C(NCC)NC2CC2C)cc1OC.I. The second kappa shape index (κ2) is 10.6. The van der Waals surface area contributed by atoms with Gasteiger partial charge in [-0.25, -0.2) is 4.99 Å². The van der Waals surface area contributed by atoms with Crippen LogP contribution in [0.25, 0.3) is 0 Å². The molecule has 0 heterocycles. The predicted octanol–water partition coefficient (Wildman–Crippen LogP) is 3.57. The largest absolute Gasteiger partial charge is 0.493 e. The molecule has 0 radical (unpaired) electrons. The van der Waals surface area contributed by atoms with Gasteiger partial charge in [-0.2, -0.15) is 0 Å². The number of guanidine groups is 1. The molecule has 1 aliphatic carbocycles. The highest BCUT2D eigenvalue weighted by Gasteiger charge is 2.33. The van der Waals surface area contributed by atoms with E-state index in [9.17, 15) is 0 Å². The van der Waals surface area contributed by atoms with Crippen molar-refractivity contribution in [2.75, 3.05) is 20.3 Å². The Morgan fingerprint density at radius 1 is 1.29 bits per heavy atom. The molecule has 0 aliphatic heterocycles. The normalized spacial score (nSPS) is 19.2. The van der Waals surface area contributed by atoms with Crippen LogP contribution in [-0.4, -0.2) is 32.3 Å². The molecule has 0 bridgehead atoms. The highest BCUT2D eigenvalue weighted by Crippen LogP contribution is 2.29. The number of aliphatic imine (C=N–C) groups is 1. The maximum absolute atomic E-state index is 5.68. The van der Waals surface area contributed by atoms with Gasteiger partial charge >= 0.3 is 0 Å². The molecule has 6 heteroatoms. The van der Waals surface area contributed by atoms with Crippen LogP contribution in [0.15, 0.2) is 23.2 Å². The molecule has 1 aromatic carbocycles. The van der Waals surface area contributed by atoms with Crippen LogP contribution in [0.1, 0.15) is 39.2 Å². The summed E-state index contributed by atoms with van der Waals surface area (Å²) < 4.78 is 11.1. The van der Waals surface area contributed by atoms with Crippen LogP contribution in [0.4, 0.5) is 0 Å². The third kappa shape index (κ3) is 6.37. The number of ether oxygens (including phenoxy) is 2. The Morgan fingerprint density at radius 3 is 2.62 bits per heavy atom. The zero-order valence-corrected chi connectivity index (χ0v) is 17.4. The summed E-state index contributed by atoms with van der Waals surface area (Å²) in [5.74, 6) is 3.18. The fourth-order valence-corrected chi connectivity index (χ4v) is 2.33. The van der Waals surface area contributed by atoms with Crippen LogP contribution >= 0.6 is 24.0 Å². The number of nitrogens with one attached hydrogen (secondary N) is 2. The molecule has 5 nitrogen and oxygen atoms in total. The number of rotatable bonds is 8. The Kier molecular flexibility index (Phi) is 9.25. The van der Waals surface area contributed by atoms with Gasteiger partial charge in [0, 0.05) is 12.6 Å². The summed E-state index contributed by atoms with van der Waals surface area (Å²) in [6, 6.07) is 6.56. The molecule has 0 aromatic heterocycles. The number of methoxy groups -OCH3 is 1. The van der Waals surface area contributed by atoms with Crippen molar-refractivity contribution in [2.24, 2.45) is 10.9 Å². The molecule has 2 unspecified atom stereocenters. The first-order valence-corrected chi connectivity index (χ1v) is 8.52. The van der Waals surface area contributed by atoms with E-state index in [4.69, 9.17) is 9.47 Å². The summed E-state index contributed by atoms with van der Waals surface area (Å²) in [6.45, 7) is 8.59. The third-order valence-electron chi connectivity index (χ3n) is 3.89. The number of hydrogen-bond donors (Lipinski definition) is 2. The number of halogens is 1. The first-order chi connectivity index (χ1) is 11.2. The van der Waals surface area contributed by atoms with Crippen LogP contribution < -0.4 is 20.1 Å². The van der Waals surface area contributed by atoms with Crippen LogP contribution in [0.3, 0.4) is 0 Å². The summed E-state index contributed by atoms with van der Waals surface area (Å²) in [6.07, 6.45) is 2.20. The van der Waals surface area contributed by atoms with Crippen LogP contribution in [0.5, 0.6) is 11.5 Å². The minimum absolute atomic E-state index is 0. The first-order valence-electron chi connectivity index (χ1n) is 8.52. The maximum atomic E-state index is 5.68. The van der Waals surface area contributed by atoms with Gasteiger partial charge in [-0.15, -0.1) is 24.0 Å². The van der Waals surface area contributed by atoms with Crippen LogP contribution in [0.2, 0.25) is 0 Å². The predicted molar refractivity (Wildman–Crippen MR) is 110 cm³/mol. The number of nitrogens with zero attached hydrogens (tertiary/aromatic N) is 1. The average Bonchev–Trinajstić information content (AvgIpc) is 3.26. The molecule has 136 valence electrons. The van der Waals surface area contributed by atoms with Gasteiger partial charge in [0.1, 0.15) is 0 Å². The second-order valence-corrected chi connectivity index (χ2v) is 5.99. The van der Waals surface area contributed by atoms with Crippen LogP contribution in [-0.2, 0) is 6.54 Å². The van der Waals surface area contributed by atoms with E-state index in [0.717, 1.165) is 41.9 Å². The fourth-order valence-electron chi connectivity index (χ4n) is 2.33. The smallest absolute Gasteiger partial charge is 0.191 e. The van der Waals surface area contributed by atoms with Gasteiger partial charge in [-0.05, 0) is 43.4 Å². The lowest BCUT2D eigenvalue weighted by molar-refractivity contribution is 0.294. The van der Waals surface area contributed by atoms with Crippen molar-refractivity contribution in [3.63, 3.8) is 0 Å². The van der Waals surface area contributed by atoms with E-state index in [1.165, 1.54) is 6.42 Å². The zero-order valence-electron chi connectivity index (χ0n) is 15.1. The third-order valence-corrected chi connectivity index (χ3v) is 3.89. The molecule has 2 N–H and O–H groups in total. The second-order valence-electron chi connectivity index (χ2n) is 5.99. The molecular weight excluding hydrogens is 417 g/mol. The van der Waals surface area contributed by atoms with E-state index in [0.29, 0.717) is 19.2 Å². The fraction of sp³-hybridized carbons (Fsp3) is 0.611. The Labute approximate surface area is 162 Å². The van der Waals surface area contributed by atoms with Crippen molar-refractivity contribution < 1.29 is 9.47 Å². The molecule has 0 saturated heterocycles. The molecule has 2 atom stereocenters. The van der Waals surface area contributed by atoms with Crippen molar-refractivity contribution >= 4 is 29.9 Å². The monoisotopic (exact) mass is 447 g/mol. The van der Waals surface area contributed by atoms with Crippen molar-refractivity contribution in [1.29, 1.82) is 0 Å². The Balaban J connectivity index is 0.00000288. The molecule has 1 saturated carbocycles. The molecule has 1 fully saturated rings. The lowest BCUT2D eigenvalue weighted by Crippen LogP contribution is -2.39. The Hall–Kier alpha value is -1.18. The van der Waals surface area contributed by atoms with E-state index >= 15 is 0 Å². The maximum Gasteiger partial charge on any atom is 0.191 e. The standard InChI is InChI=1S/C18H29N3O2.HI/c1-5-9-23-16-8-7-14(11-17(16)22-4)12-20-18(19-6-2)21-15-10-13(15)3;/h7-8,11,13,15H,5-6,9-10,12H2,1-4H3,(H2,19,20,21);1H. The zero-order chi connectivity index (χ0) is 16.7. The molecule has 1 aliphatic rings. The molecule has 0 amide bonds.